The summed E-state index contributed by atoms with van der Waals surface area (Å²) >= 11 is 0. The molecule has 0 aromatic carbocycles. The maximum atomic E-state index is 8.80. The van der Waals surface area contributed by atoms with Crippen LogP contribution in [0.3, 0.4) is 0 Å². The fourth-order valence-electron chi connectivity index (χ4n) is 1.07. The van der Waals surface area contributed by atoms with Crippen molar-refractivity contribution in [2.24, 2.45) is 7.05 Å². The van der Waals surface area contributed by atoms with E-state index in [-0.39, 0.29) is 12.6 Å². The first kappa shape index (κ1) is 10.2. The van der Waals surface area contributed by atoms with Gasteiger partial charge in [0.1, 0.15) is 0 Å². The number of nitrogens with one attached hydrogen (secondary N) is 1. The minimum absolute atomic E-state index is 0.139. The smallest absolute Gasteiger partial charge is 0.0582 e. The molecule has 0 aliphatic rings. The highest BCUT2D eigenvalue weighted by molar-refractivity contribution is 5.15. The highest BCUT2D eigenvalue weighted by atomic mass is 16.3. The Morgan fingerprint density at radius 2 is 2.38 bits per heavy atom. The van der Waals surface area contributed by atoms with Gasteiger partial charge in [0, 0.05) is 30.9 Å². The van der Waals surface area contributed by atoms with Crippen LogP contribution in [0.1, 0.15) is 18.2 Å². The summed E-state index contributed by atoms with van der Waals surface area (Å²) in [5, 5.41) is 16.1. The van der Waals surface area contributed by atoms with Gasteiger partial charge in [0.15, 0.2) is 0 Å². The van der Waals surface area contributed by atoms with E-state index in [1.54, 1.807) is 0 Å². The lowest BCUT2D eigenvalue weighted by Gasteiger charge is -2.09. The molecule has 4 nitrogen and oxygen atoms in total. The molecule has 1 heterocycles. The largest absolute Gasteiger partial charge is 0.395 e. The van der Waals surface area contributed by atoms with Crippen LogP contribution in [-0.4, -0.2) is 27.5 Å². The number of aryl methyl sites for hydroxylation is 1. The first-order valence-corrected chi connectivity index (χ1v) is 4.47. The van der Waals surface area contributed by atoms with E-state index in [2.05, 4.69) is 10.4 Å². The molecular formula is C9H17N3O. The Balaban J connectivity index is 2.50. The standard InChI is InChI=1S/C9H17N3O/c1-7(6-13)10-4-9-5-11-12(3)8(9)2/h5,7,10,13H,4,6H2,1-3H3/t7-/m0/s1. The fourth-order valence-corrected chi connectivity index (χ4v) is 1.07. The third-order valence-corrected chi connectivity index (χ3v) is 2.25. The van der Waals surface area contributed by atoms with Crippen molar-refractivity contribution in [3.05, 3.63) is 17.5 Å². The van der Waals surface area contributed by atoms with E-state index < -0.39 is 0 Å². The molecule has 0 aliphatic heterocycles. The predicted molar refractivity (Wildman–Crippen MR) is 51.3 cm³/mol. The topological polar surface area (TPSA) is 50.1 Å². The summed E-state index contributed by atoms with van der Waals surface area (Å²) in [6.45, 7) is 4.92. The average molecular weight is 183 g/mol. The van der Waals surface area contributed by atoms with Gasteiger partial charge in [-0.05, 0) is 13.8 Å². The maximum absolute atomic E-state index is 8.80. The second-order valence-corrected chi connectivity index (χ2v) is 3.34. The Bertz CT molecular complexity index is 270. The van der Waals surface area contributed by atoms with Crippen molar-refractivity contribution in [3.8, 4) is 0 Å². The molecule has 0 bridgehead atoms. The van der Waals surface area contributed by atoms with Crippen LogP contribution >= 0.6 is 0 Å². The van der Waals surface area contributed by atoms with E-state index in [1.165, 1.54) is 5.56 Å². The van der Waals surface area contributed by atoms with Gasteiger partial charge in [-0.2, -0.15) is 5.10 Å². The van der Waals surface area contributed by atoms with Crippen molar-refractivity contribution in [3.63, 3.8) is 0 Å². The van der Waals surface area contributed by atoms with E-state index in [4.69, 9.17) is 5.11 Å². The van der Waals surface area contributed by atoms with Gasteiger partial charge in [-0.3, -0.25) is 4.68 Å². The Kier molecular flexibility index (Phi) is 3.45. The molecule has 1 rings (SSSR count). The highest BCUT2D eigenvalue weighted by Crippen LogP contribution is 2.04. The summed E-state index contributed by atoms with van der Waals surface area (Å²) < 4.78 is 1.85. The van der Waals surface area contributed by atoms with Crippen molar-refractivity contribution in [1.29, 1.82) is 0 Å². The van der Waals surface area contributed by atoms with E-state index in [1.807, 2.05) is 31.8 Å². The van der Waals surface area contributed by atoms with Crippen molar-refractivity contribution < 1.29 is 5.11 Å². The number of nitrogens with zero attached hydrogens (tertiary/aromatic N) is 2. The molecule has 0 fully saturated rings. The Hall–Kier alpha value is -0.870. The summed E-state index contributed by atoms with van der Waals surface area (Å²) in [6.07, 6.45) is 1.85. The van der Waals surface area contributed by atoms with Crippen molar-refractivity contribution in [2.75, 3.05) is 6.61 Å². The van der Waals surface area contributed by atoms with Gasteiger partial charge in [0.05, 0.1) is 12.8 Å². The third-order valence-electron chi connectivity index (χ3n) is 2.25. The number of hydrogen-bond donors (Lipinski definition) is 2. The molecule has 74 valence electrons. The monoisotopic (exact) mass is 183 g/mol. The van der Waals surface area contributed by atoms with Crippen LogP contribution in [0.2, 0.25) is 0 Å². The predicted octanol–water partition coefficient (Wildman–Crippen LogP) is 0.199. The molecule has 0 spiro atoms. The molecule has 0 amide bonds. The van der Waals surface area contributed by atoms with Gasteiger partial charge in [-0.1, -0.05) is 0 Å². The molecule has 0 radical (unpaired) electrons. The molecule has 1 aromatic heterocycles. The van der Waals surface area contributed by atoms with Gasteiger partial charge < -0.3 is 10.4 Å². The van der Waals surface area contributed by atoms with Crippen LogP contribution in [0.15, 0.2) is 6.20 Å². The van der Waals surface area contributed by atoms with E-state index in [0.717, 1.165) is 12.2 Å². The molecule has 4 heteroatoms. The number of aromatic nitrogens is 2. The molecule has 1 atom stereocenters. The maximum Gasteiger partial charge on any atom is 0.0582 e. The number of aliphatic hydroxyl groups excluding tert-OH is 1. The lowest BCUT2D eigenvalue weighted by atomic mass is 10.2. The molecule has 1 aromatic rings. The first-order valence-electron chi connectivity index (χ1n) is 4.47. The first-order chi connectivity index (χ1) is 6.15. The number of aliphatic hydroxyl groups is 1. The SMILES string of the molecule is Cc1c(CN[C@@H](C)CO)cnn1C. The summed E-state index contributed by atoms with van der Waals surface area (Å²) in [7, 11) is 1.92. The zero-order valence-electron chi connectivity index (χ0n) is 8.41. The molecule has 0 aliphatic carbocycles. The van der Waals surface area contributed by atoms with Gasteiger partial charge in [0.2, 0.25) is 0 Å². The van der Waals surface area contributed by atoms with Crippen LogP contribution in [-0.2, 0) is 13.6 Å². The lowest BCUT2D eigenvalue weighted by molar-refractivity contribution is 0.251. The zero-order valence-corrected chi connectivity index (χ0v) is 8.41. The Morgan fingerprint density at radius 1 is 1.69 bits per heavy atom. The Morgan fingerprint density at radius 3 is 2.85 bits per heavy atom. The van der Waals surface area contributed by atoms with Crippen molar-refractivity contribution in [1.82, 2.24) is 15.1 Å². The fraction of sp³-hybridized carbons (Fsp3) is 0.667. The molecule has 0 unspecified atom stereocenters. The average Bonchev–Trinajstić information content (AvgIpc) is 2.44. The van der Waals surface area contributed by atoms with E-state index in [9.17, 15) is 0 Å². The number of rotatable bonds is 4. The number of hydrogen-bond acceptors (Lipinski definition) is 3. The Labute approximate surface area is 78.6 Å². The zero-order chi connectivity index (χ0) is 9.84. The minimum Gasteiger partial charge on any atom is -0.395 e. The minimum atomic E-state index is 0.139. The summed E-state index contributed by atoms with van der Waals surface area (Å²) in [5.41, 5.74) is 2.35. The van der Waals surface area contributed by atoms with Gasteiger partial charge >= 0.3 is 0 Å². The molecule has 2 N–H and O–H groups in total. The molecule has 13 heavy (non-hydrogen) atoms. The molecule has 0 saturated heterocycles. The third kappa shape index (κ3) is 2.54. The van der Waals surface area contributed by atoms with Crippen molar-refractivity contribution in [2.45, 2.75) is 26.4 Å². The van der Waals surface area contributed by atoms with E-state index in [0.29, 0.717) is 0 Å². The van der Waals surface area contributed by atoms with Crippen molar-refractivity contribution >= 4 is 0 Å². The quantitative estimate of drug-likeness (QED) is 0.701. The van der Waals surface area contributed by atoms with Crippen LogP contribution in [0.5, 0.6) is 0 Å². The van der Waals surface area contributed by atoms with E-state index >= 15 is 0 Å². The van der Waals surface area contributed by atoms with Crippen LogP contribution < -0.4 is 5.32 Å². The summed E-state index contributed by atoms with van der Waals surface area (Å²) in [5.74, 6) is 0. The summed E-state index contributed by atoms with van der Waals surface area (Å²) in [4.78, 5) is 0. The van der Waals surface area contributed by atoms with Crippen LogP contribution in [0, 0.1) is 6.92 Å². The van der Waals surface area contributed by atoms with Crippen LogP contribution in [0.4, 0.5) is 0 Å². The highest BCUT2D eigenvalue weighted by Gasteiger charge is 2.04. The lowest BCUT2D eigenvalue weighted by Crippen LogP contribution is -2.28. The van der Waals surface area contributed by atoms with Gasteiger partial charge in [-0.25, -0.2) is 0 Å². The molecule has 0 saturated carbocycles. The van der Waals surface area contributed by atoms with Gasteiger partial charge in [-0.15, -0.1) is 0 Å². The molecular weight excluding hydrogens is 166 g/mol. The normalized spacial score (nSPS) is 13.2. The second kappa shape index (κ2) is 4.39. The second-order valence-electron chi connectivity index (χ2n) is 3.34. The van der Waals surface area contributed by atoms with Crippen LogP contribution in [0.25, 0.3) is 0 Å². The summed E-state index contributed by atoms with van der Waals surface area (Å²) in [6, 6.07) is 0.139. The van der Waals surface area contributed by atoms with Gasteiger partial charge in [0.25, 0.3) is 0 Å².